The molecular weight excluding hydrogens is 707 g/mol. The molecule has 1 saturated heterocycles. The van der Waals surface area contributed by atoms with E-state index in [0.717, 1.165) is 44.3 Å². The lowest BCUT2D eigenvalue weighted by molar-refractivity contribution is -0.153. The van der Waals surface area contributed by atoms with Crippen LogP contribution < -0.4 is 14.2 Å². The molecule has 0 N–H and O–H groups in total. The predicted octanol–water partition coefficient (Wildman–Crippen LogP) is 8.35. The van der Waals surface area contributed by atoms with Gasteiger partial charge in [0.2, 0.25) is 0 Å². The van der Waals surface area contributed by atoms with Crippen molar-refractivity contribution < 1.29 is 46.8 Å². The Bertz CT molecular complexity index is 1600. The summed E-state index contributed by atoms with van der Waals surface area (Å²) in [6, 6.07) is 9.39. The Kier molecular flexibility index (Phi) is 14.2. The Labute approximate surface area is 307 Å². The van der Waals surface area contributed by atoms with E-state index in [0.29, 0.717) is 66.7 Å². The van der Waals surface area contributed by atoms with Crippen molar-refractivity contribution in [3.63, 3.8) is 0 Å². The maximum atomic E-state index is 13.3. The number of ether oxygens (including phenoxy) is 6. The summed E-state index contributed by atoms with van der Waals surface area (Å²) in [5.74, 6) is -0.0619. The van der Waals surface area contributed by atoms with E-state index in [1.54, 1.807) is 31.2 Å². The molecule has 0 radical (unpaired) electrons. The number of halogens is 4. The Morgan fingerprint density at radius 3 is 2.27 bits per heavy atom. The number of alkyl halides is 2. The smallest absolute Gasteiger partial charge is 0.387 e. The molecule has 2 aromatic carbocycles. The van der Waals surface area contributed by atoms with E-state index in [4.69, 9.17) is 46.9 Å². The van der Waals surface area contributed by atoms with Gasteiger partial charge in [-0.25, -0.2) is 9.59 Å². The highest BCUT2D eigenvalue weighted by molar-refractivity contribution is 6.36. The molecule has 0 spiro atoms. The summed E-state index contributed by atoms with van der Waals surface area (Å²) in [5, 5.41) is 0.526. The highest BCUT2D eigenvalue weighted by Gasteiger charge is 2.27. The van der Waals surface area contributed by atoms with Gasteiger partial charge in [-0.05, 0) is 85.9 Å². The first-order valence-corrected chi connectivity index (χ1v) is 17.9. The first-order valence-electron chi connectivity index (χ1n) is 17.1. The van der Waals surface area contributed by atoms with Gasteiger partial charge in [0.1, 0.15) is 11.9 Å². The van der Waals surface area contributed by atoms with Crippen LogP contribution in [-0.4, -0.2) is 69.6 Å². The van der Waals surface area contributed by atoms with Crippen molar-refractivity contribution in [2.45, 2.75) is 58.3 Å². The van der Waals surface area contributed by atoms with Crippen molar-refractivity contribution in [1.29, 1.82) is 0 Å². The van der Waals surface area contributed by atoms with E-state index in [2.05, 4.69) is 16.2 Å². The molecule has 13 heteroatoms. The van der Waals surface area contributed by atoms with Crippen molar-refractivity contribution in [2.75, 3.05) is 46.1 Å². The standard InChI is InChI=1S/C38H43Cl2F2NO8/c1-3-30(39)29(31(40)4-2)19-34(26-9-12-33(51-38(41)42)35(18-26)48-22-25-7-8-25)50-36(44)23-49-37(45)27-10-11-32(47-21-24-5-6-24)28(17-27)20-43-13-15-46-16-14-43/h3-4,9-12,17-18,24-25,34,38H,1,5-8,13-16,19-23H2,2H3/b30-29+,31-4+/t34-/m0/s1. The van der Waals surface area contributed by atoms with Gasteiger partial charge in [0, 0.05) is 41.7 Å². The number of nitrogens with zero attached hydrogens (tertiary/aromatic N) is 1. The second kappa shape index (κ2) is 18.7. The Morgan fingerprint density at radius 2 is 1.65 bits per heavy atom. The summed E-state index contributed by atoms with van der Waals surface area (Å²) in [6.07, 6.45) is 6.23. The van der Waals surface area contributed by atoms with E-state index >= 15 is 0 Å². The van der Waals surface area contributed by atoms with Gasteiger partial charge < -0.3 is 28.4 Å². The Balaban J connectivity index is 1.32. The van der Waals surface area contributed by atoms with Gasteiger partial charge in [-0.15, -0.1) is 0 Å². The van der Waals surface area contributed by atoms with Crippen LogP contribution in [0, 0.1) is 11.8 Å². The minimum absolute atomic E-state index is 0.0158. The largest absolute Gasteiger partial charge is 0.493 e. The molecule has 0 amide bonds. The summed E-state index contributed by atoms with van der Waals surface area (Å²) >= 11 is 12.9. The number of morpholine rings is 1. The third-order valence-corrected chi connectivity index (χ3v) is 9.51. The third-order valence-electron chi connectivity index (χ3n) is 8.69. The normalized spacial score (nSPS) is 17.7. The number of benzene rings is 2. The van der Waals surface area contributed by atoms with Crippen LogP contribution in [-0.2, 0) is 25.5 Å². The van der Waals surface area contributed by atoms with Crippen molar-refractivity contribution in [3.05, 3.63) is 87.5 Å². The zero-order chi connectivity index (χ0) is 36.3. The lowest BCUT2D eigenvalue weighted by Gasteiger charge is -2.27. The average Bonchev–Trinajstić information content (AvgIpc) is 4.07. The number of hydrogen-bond acceptors (Lipinski definition) is 9. The number of hydrogen-bond donors (Lipinski definition) is 0. The maximum absolute atomic E-state index is 13.3. The molecule has 1 aliphatic heterocycles. The zero-order valence-electron chi connectivity index (χ0n) is 28.6. The second-order valence-electron chi connectivity index (χ2n) is 12.7. The predicted molar refractivity (Wildman–Crippen MR) is 188 cm³/mol. The first kappa shape index (κ1) is 38.6. The van der Waals surface area contributed by atoms with Crippen LogP contribution in [0.1, 0.15) is 66.6 Å². The Morgan fingerprint density at radius 1 is 0.980 bits per heavy atom. The fourth-order valence-electron chi connectivity index (χ4n) is 5.41. The molecule has 9 nitrogen and oxygen atoms in total. The zero-order valence-corrected chi connectivity index (χ0v) is 30.1. The topological polar surface area (TPSA) is 92.8 Å². The molecule has 51 heavy (non-hydrogen) atoms. The fourth-order valence-corrected chi connectivity index (χ4v) is 5.81. The van der Waals surface area contributed by atoms with Crippen molar-refractivity contribution >= 4 is 35.1 Å². The minimum Gasteiger partial charge on any atom is -0.493 e. The monoisotopic (exact) mass is 749 g/mol. The van der Waals surface area contributed by atoms with Crippen LogP contribution >= 0.6 is 23.2 Å². The molecule has 1 heterocycles. The molecule has 5 rings (SSSR count). The number of allylic oxidation sites excluding steroid dienone is 4. The third kappa shape index (κ3) is 12.0. The van der Waals surface area contributed by atoms with Crippen LogP contribution in [0.5, 0.6) is 17.2 Å². The summed E-state index contributed by atoms with van der Waals surface area (Å²) in [4.78, 5) is 28.7. The summed E-state index contributed by atoms with van der Waals surface area (Å²) in [6.45, 7) is 5.95. The van der Waals surface area contributed by atoms with Gasteiger partial charge in [-0.1, -0.05) is 48.0 Å². The molecule has 2 aliphatic carbocycles. The molecular formula is C38H43Cl2F2NO8. The molecule has 2 saturated carbocycles. The van der Waals surface area contributed by atoms with Crippen molar-refractivity contribution in [2.24, 2.45) is 11.8 Å². The molecule has 0 aromatic heterocycles. The van der Waals surface area contributed by atoms with Gasteiger partial charge in [-0.3, -0.25) is 4.90 Å². The molecule has 276 valence electrons. The van der Waals surface area contributed by atoms with Gasteiger partial charge in [0.05, 0.1) is 32.0 Å². The van der Waals surface area contributed by atoms with Gasteiger partial charge >= 0.3 is 18.6 Å². The van der Waals surface area contributed by atoms with Gasteiger partial charge in [0.15, 0.2) is 18.1 Å². The SMILES string of the molecule is C=C/C(Cl)=C(C[C@H](OC(=O)COC(=O)c1ccc(OCC2CC2)c(CN2CCOCC2)c1)c1ccc(OC(F)F)c(OCC2CC2)c1)\C(Cl)=C/C. The number of carbonyl (C=O) groups excluding carboxylic acids is 2. The molecule has 1 atom stereocenters. The van der Waals surface area contributed by atoms with Gasteiger partial charge in [0.25, 0.3) is 0 Å². The van der Waals surface area contributed by atoms with Crippen molar-refractivity contribution in [1.82, 2.24) is 4.90 Å². The summed E-state index contributed by atoms with van der Waals surface area (Å²) < 4.78 is 59.8. The quantitative estimate of drug-likeness (QED) is 0.104. The van der Waals surface area contributed by atoms with Crippen LogP contribution in [0.15, 0.2) is 70.8 Å². The van der Waals surface area contributed by atoms with Crippen LogP contribution in [0.4, 0.5) is 8.78 Å². The van der Waals surface area contributed by atoms with E-state index in [9.17, 15) is 18.4 Å². The van der Waals surface area contributed by atoms with Crippen molar-refractivity contribution in [3.8, 4) is 17.2 Å². The van der Waals surface area contributed by atoms with Gasteiger partial charge in [-0.2, -0.15) is 8.78 Å². The molecule has 0 bridgehead atoms. The average molecular weight is 751 g/mol. The van der Waals surface area contributed by atoms with E-state index < -0.39 is 31.3 Å². The molecule has 3 fully saturated rings. The highest BCUT2D eigenvalue weighted by atomic mass is 35.5. The molecule has 2 aromatic rings. The summed E-state index contributed by atoms with van der Waals surface area (Å²) in [7, 11) is 0. The highest BCUT2D eigenvalue weighted by Crippen LogP contribution is 2.39. The Hall–Kier alpha value is -3.64. The first-order chi connectivity index (χ1) is 24.6. The van der Waals surface area contributed by atoms with Crippen LogP contribution in [0.25, 0.3) is 0 Å². The van der Waals surface area contributed by atoms with Crippen LogP contribution in [0.2, 0.25) is 0 Å². The second-order valence-corrected chi connectivity index (χ2v) is 13.5. The molecule has 3 aliphatic rings. The van der Waals surface area contributed by atoms with E-state index in [1.165, 1.54) is 24.3 Å². The number of esters is 2. The number of carbonyl (C=O) groups is 2. The lowest BCUT2D eigenvalue weighted by Crippen LogP contribution is -2.35. The van der Waals surface area contributed by atoms with E-state index in [-0.39, 0.29) is 28.5 Å². The summed E-state index contributed by atoms with van der Waals surface area (Å²) in [5.41, 5.74) is 1.92. The van der Waals surface area contributed by atoms with Crippen LogP contribution in [0.3, 0.4) is 0 Å². The minimum atomic E-state index is -3.07. The lowest BCUT2D eigenvalue weighted by atomic mass is 9.99. The fraction of sp³-hybridized carbons (Fsp3) is 0.474. The molecule has 0 unspecified atom stereocenters. The van der Waals surface area contributed by atoms with E-state index in [1.807, 2.05) is 0 Å². The maximum Gasteiger partial charge on any atom is 0.387 e. The number of rotatable bonds is 19.